The summed E-state index contributed by atoms with van der Waals surface area (Å²) in [7, 11) is 0. The fourth-order valence-electron chi connectivity index (χ4n) is 4.38. The van der Waals surface area contributed by atoms with Crippen molar-refractivity contribution in [2.45, 2.75) is 30.2 Å². The highest BCUT2D eigenvalue weighted by Crippen LogP contribution is 2.89. The number of carbonyl (C=O) groups is 2. The molecule has 0 amide bonds. The number of rotatable bonds is 6. The van der Waals surface area contributed by atoms with Crippen molar-refractivity contribution < 1.29 is 9.59 Å². The Balaban J connectivity index is 1.85. The minimum atomic E-state index is -0.939. The maximum Gasteiger partial charge on any atom is 0.214 e. The zero-order chi connectivity index (χ0) is 21.0. The largest absolute Gasteiger partial charge is 0.285 e. The van der Waals surface area contributed by atoms with Crippen molar-refractivity contribution in [3.63, 3.8) is 0 Å². The molecule has 0 aliphatic carbocycles. The van der Waals surface area contributed by atoms with Crippen LogP contribution in [0.1, 0.15) is 25.0 Å². The fourth-order valence-corrected chi connectivity index (χ4v) is 18.0. The molecule has 0 saturated carbocycles. The van der Waals surface area contributed by atoms with Gasteiger partial charge in [-0.25, -0.2) is 0 Å². The average Bonchev–Trinajstić information content (AvgIpc) is 3.20. The molecule has 3 fully saturated rings. The Labute approximate surface area is 202 Å². The predicted octanol–water partition coefficient (Wildman–Crippen LogP) is 6.62. The lowest BCUT2D eigenvalue weighted by molar-refractivity contribution is -0.120. The normalized spacial score (nSPS) is 37.0. The van der Waals surface area contributed by atoms with Crippen LogP contribution in [0.3, 0.4) is 0 Å². The second-order valence-electron chi connectivity index (χ2n) is 7.06. The van der Waals surface area contributed by atoms with Crippen LogP contribution < -0.4 is 0 Å². The molecule has 0 unspecified atom stereocenters. The number of thioether (sulfide) groups is 6. The molecule has 5 rings (SSSR count). The van der Waals surface area contributed by atoms with Gasteiger partial charge in [0.25, 0.3) is 0 Å². The van der Waals surface area contributed by atoms with E-state index in [9.17, 15) is 9.59 Å². The molecule has 0 radical (unpaired) electrons. The Morgan fingerprint density at radius 1 is 0.667 bits per heavy atom. The van der Waals surface area contributed by atoms with Crippen molar-refractivity contribution in [2.24, 2.45) is 0 Å². The SMILES string of the molecule is CCS[C@@]12SC(=O)[C@@](c3ccccc3)(S1)[C@]1(c3ccccc3)S[C@@]2(SCC)SC1=O. The Kier molecular flexibility index (Phi) is 5.60. The lowest BCUT2D eigenvalue weighted by Gasteiger charge is -2.51. The molecule has 3 heterocycles. The lowest BCUT2D eigenvalue weighted by atomic mass is 9.80. The van der Waals surface area contributed by atoms with Crippen LogP contribution in [0.15, 0.2) is 60.7 Å². The van der Waals surface area contributed by atoms with Gasteiger partial charge in [0.15, 0.2) is 0 Å². The first kappa shape index (κ1) is 21.7. The van der Waals surface area contributed by atoms with Gasteiger partial charge in [0, 0.05) is 0 Å². The smallest absolute Gasteiger partial charge is 0.214 e. The Morgan fingerprint density at radius 3 is 1.37 bits per heavy atom. The molecular formula is C22H20O2S6. The van der Waals surface area contributed by atoms with E-state index in [1.54, 1.807) is 23.5 Å². The Bertz CT molecular complexity index is 920. The van der Waals surface area contributed by atoms with E-state index in [4.69, 9.17) is 0 Å². The van der Waals surface area contributed by atoms with Crippen LogP contribution in [0.25, 0.3) is 0 Å². The summed E-state index contributed by atoms with van der Waals surface area (Å²) in [5.74, 6) is 1.80. The third-order valence-electron chi connectivity index (χ3n) is 5.50. The second-order valence-corrected chi connectivity index (χ2v) is 16.8. The molecule has 3 aliphatic heterocycles. The van der Waals surface area contributed by atoms with Gasteiger partial charge in [-0.15, -0.1) is 47.0 Å². The Hall–Kier alpha value is -0.120. The van der Waals surface area contributed by atoms with Gasteiger partial charge in [0.1, 0.15) is 16.3 Å². The van der Waals surface area contributed by atoms with Crippen molar-refractivity contribution in [1.29, 1.82) is 0 Å². The minimum Gasteiger partial charge on any atom is -0.285 e. The molecule has 156 valence electrons. The molecule has 3 saturated heterocycles. The number of hydrogen-bond donors (Lipinski definition) is 0. The van der Waals surface area contributed by atoms with E-state index in [2.05, 4.69) is 13.8 Å². The number of fused-ring (bicyclic) bond motifs is 6. The van der Waals surface area contributed by atoms with Crippen LogP contribution in [0.5, 0.6) is 0 Å². The van der Waals surface area contributed by atoms with Crippen molar-refractivity contribution in [3.8, 4) is 0 Å². The monoisotopic (exact) mass is 508 g/mol. The number of hydrogen-bond acceptors (Lipinski definition) is 8. The van der Waals surface area contributed by atoms with Crippen LogP contribution in [-0.4, -0.2) is 28.6 Å². The van der Waals surface area contributed by atoms with Crippen molar-refractivity contribution in [1.82, 2.24) is 0 Å². The number of benzene rings is 2. The summed E-state index contributed by atoms with van der Waals surface area (Å²) in [5, 5.41) is 0.228. The van der Waals surface area contributed by atoms with E-state index < -0.39 is 16.3 Å². The first-order valence-corrected chi connectivity index (χ1v) is 15.0. The molecule has 0 N–H and O–H groups in total. The fraction of sp³-hybridized carbons (Fsp3) is 0.364. The summed E-state index contributed by atoms with van der Waals surface area (Å²) >= 11 is 10.1. The molecule has 30 heavy (non-hydrogen) atoms. The van der Waals surface area contributed by atoms with E-state index >= 15 is 0 Å². The van der Waals surface area contributed by atoms with Crippen LogP contribution in [0.2, 0.25) is 0 Å². The second kappa shape index (κ2) is 7.73. The van der Waals surface area contributed by atoms with Crippen molar-refractivity contribution >= 4 is 80.8 Å². The predicted molar refractivity (Wildman–Crippen MR) is 138 cm³/mol. The summed E-state index contributed by atoms with van der Waals surface area (Å²) in [4.78, 5) is 28.1. The zero-order valence-corrected chi connectivity index (χ0v) is 21.4. The lowest BCUT2D eigenvalue weighted by Crippen LogP contribution is -2.53. The summed E-state index contributed by atoms with van der Waals surface area (Å²) < 4.78 is -2.69. The van der Waals surface area contributed by atoms with E-state index in [1.807, 2.05) is 84.2 Å². The molecule has 3 aliphatic rings. The van der Waals surface area contributed by atoms with Gasteiger partial charge in [0.05, 0.1) is 0 Å². The molecule has 2 aromatic rings. The van der Waals surface area contributed by atoms with Gasteiger partial charge in [0.2, 0.25) is 10.2 Å². The van der Waals surface area contributed by atoms with Crippen LogP contribution in [0.4, 0.5) is 0 Å². The average molecular weight is 509 g/mol. The third-order valence-corrected chi connectivity index (χ3v) is 17.8. The first-order valence-electron chi connectivity index (χ1n) is 9.76. The highest BCUT2D eigenvalue weighted by atomic mass is 32.3. The van der Waals surface area contributed by atoms with Gasteiger partial charge in [-0.3, -0.25) is 9.59 Å². The first-order chi connectivity index (χ1) is 14.5. The van der Waals surface area contributed by atoms with Gasteiger partial charge < -0.3 is 0 Å². The number of carbonyl (C=O) groups excluding carboxylic acids is 2. The van der Waals surface area contributed by atoms with Crippen LogP contribution >= 0.6 is 70.6 Å². The summed E-state index contributed by atoms with van der Waals surface area (Å²) in [5.41, 5.74) is 1.88. The van der Waals surface area contributed by atoms with Gasteiger partial charge in [-0.05, 0) is 22.6 Å². The molecule has 4 bridgehead atoms. The van der Waals surface area contributed by atoms with E-state index in [0.717, 1.165) is 22.6 Å². The minimum absolute atomic E-state index is 0.114. The molecule has 2 nitrogen and oxygen atoms in total. The highest BCUT2D eigenvalue weighted by Gasteiger charge is 2.85. The maximum atomic E-state index is 14.1. The van der Waals surface area contributed by atoms with E-state index in [0.29, 0.717) is 0 Å². The molecule has 8 heteroatoms. The maximum absolute atomic E-state index is 14.1. The summed E-state index contributed by atoms with van der Waals surface area (Å²) in [6, 6.07) is 20.0. The zero-order valence-electron chi connectivity index (χ0n) is 16.5. The van der Waals surface area contributed by atoms with Crippen molar-refractivity contribution in [2.75, 3.05) is 11.5 Å². The van der Waals surface area contributed by atoms with E-state index in [1.165, 1.54) is 23.5 Å². The summed E-state index contributed by atoms with van der Waals surface area (Å²) in [6.45, 7) is 4.28. The highest BCUT2D eigenvalue weighted by molar-refractivity contribution is 8.52. The quantitative estimate of drug-likeness (QED) is 0.431. The van der Waals surface area contributed by atoms with Crippen molar-refractivity contribution in [3.05, 3.63) is 71.8 Å². The van der Waals surface area contributed by atoms with Gasteiger partial charge in [-0.2, -0.15) is 0 Å². The van der Waals surface area contributed by atoms with Gasteiger partial charge >= 0.3 is 0 Å². The molecule has 0 spiro atoms. The van der Waals surface area contributed by atoms with Crippen LogP contribution in [0, 0.1) is 0 Å². The van der Waals surface area contributed by atoms with Crippen LogP contribution in [-0.2, 0) is 19.1 Å². The van der Waals surface area contributed by atoms with E-state index in [-0.39, 0.29) is 10.2 Å². The molecule has 2 aromatic carbocycles. The summed E-state index contributed by atoms with van der Waals surface area (Å²) in [6.07, 6.45) is 0. The topological polar surface area (TPSA) is 34.1 Å². The molecule has 0 aromatic heterocycles. The van der Waals surface area contributed by atoms with Gasteiger partial charge in [-0.1, -0.05) is 98.0 Å². The molecular weight excluding hydrogens is 489 g/mol. The molecule has 4 atom stereocenters. The Morgan fingerprint density at radius 2 is 1.03 bits per heavy atom. The third kappa shape index (κ3) is 2.61. The standard InChI is InChI=1S/C22H20O2S6/c1-3-25-21-22(26-4-2)28-18(24)20(30-22,16-13-9-6-10-14-16)19(29-21,17(23)27-21)15-11-7-5-8-12-15/h5-14H,3-4H2,1-2H3/t19-,20-,21+,22+/m1/s1.